The Labute approximate surface area is 105 Å². The number of carbonyl (C=O) groups excluding carboxylic acids is 1. The molecule has 2 aromatic rings. The molecule has 0 fully saturated rings. The SMILES string of the molecule is Cc1ccc(Oc2ccc(C=O)c(Cl)c2)cc1. The van der Waals surface area contributed by atoms with Crippen molar-refractivity contribution in [2.45, 2.75) is 6.92 Å². The van der Waals surface area contributed by atoms with Crippen LogP contribution in [0.3, 0.4) is 0 Å². The Balaban J connectivity index is 2.21. The minimum Gasteiger partial charge on any atom is -0.457 e. The summed E-state index contributed by atoms with van der Waals surface area (Å²) < 4.78 is 5.61. The van der Waals surface area contributed by atoms with Crippen molar-refractivity contribution in [1.29, 1.82) is 0 Å². The zero-order chi connectivity index (χ0) is 12.3. The summed E-state index contributed by atoms with van der Waals surface area (Å²) in [5.74, 6) is 1.36. The first-order valence-electron chi connectivity index (χ1n) is 5.18. The summed E-state index contributed by atoms with van der Waals surface area (Å²) in [4.78, 5) is 10.6. The van der Waals surface area contributed by atoms with Crippen LogP contribution in [0.15, 0.2) is 42.5 Å². The molecule has 0 radical (unpaired) electrons. The molecule has 0 heterocycles. The van der Waals surface area contributed by atoms with Crippen molar-refractivity contribution in [3.8, 4) is 11.5 Å². The van der Waals surface area contributed by atoms with Gasteiger partial charge in [0.05, 0.1) is 5.02 Å². The largest absolute Gasteiger partial charge is 0.457 e. The Morgan fingerprint density at radius 1 is 1.06 bits per heavy atom. The number of halogens is 1. The second-order valence-electron chi connectivity index (χ2n) is 3.72. The van der Waals surface area contributed by atoms with Crippen LogP contribution in [0.2, 0.25) is 5.02 Å². The third-order valence-electron chi connectivity index (χ3n) is 2.36. The van der Waals surface area contributed by atoms with Gasteiger partial charge in [0.15, 0.2) is 6.29 Å². The maximum Gasteiger partial charge on any atom is 0.151 e. The van der Waals surface area contributed by atoms with Crippen LogP contribution < -0.4 is 4.74 Å². The quantitative estimate of drug-likeness (QED) is 0.757. The van der Waals surface area contributed by atoms with Crippen molar-refractivity contribution in [3.05, 3.63) is 58.6 Å². The van der Waals surface area contributed by atoms with Crippen LogP contribution in [0, 0.1) is 6.92 Å². The number of ether oxygens (including phenoxy) is 1. The van der Waals surface area contributed by atoms with Gasteiger partial charge in [0.25, 0.3) is 0 Å². The van der Waals surface area contributed by atoms with Gasteiger partial charge in [-0.1, -0.05) is 29.3 Å². The van der Waals surface area contributed by atoms with Crippen LogP contribution in [0.1, 0.15) is 15.9 Å². The van der Waals surface area contributed by atoms with Gasteiger partial charge in [-0.25, -0.2) is 0 Å². The number of hydrogen-bond acceptors (Lipinski definition) is 2. The number of aryl methyl sites for hydroxylation is 1. The summed E-state index contributed by atoms with van der Waals surface area (Å²) in [6.45, 7) is 2.01. The van der Waals surface area contributed by atoms with E-state index in [9.17, 15) is 4.79 Å². The molecule has 0 N–H and O–H groups in total. The Morgan fingerprint density at radius 3 is 2.29 bits per heavy atom. The summed E-state index contributed by atoms with van der Waals surface area (Å²) in [6.07, 6.45) is 0.720. The van der Waals surface area contributed by atoms with Gasteiger partial charge in [-0.2, -0.15) is 0 Å². The van der Waals surface area contributed by atoms with Gasteiger partial charge in [-0.05, 0) is 31.2 Å². The molecule has 17 heavy (non-hydrogen) atoms. The fourth-order valence-corrected chi connectivity index (χ4v) is 1.62. The van der Waals surface area contributed by atoms with E-state index in [1.165, 1.54) is 5.56 Å². The number of hydrogen-bond donors (Lipinski definition) is 0. The maximum atomic E-state index is 10.6. The van der Waals surface area contributed by atoms with E-state index in [2.05, 4.69) is 0 Å². The van der Waals surface area contributed by atoms with Crippen LogP contribution in [0.25, 0.3) is 0 Å². The topological polar surface area (TPSA) is 26.3 Å². The lowest BCUT2D eigenvalue weighted by molar-refractivity contribution is 0.112. The number of aldehydes is 1. The number of rotatable bonds is 3. The fraction of sp³-hybridized carbons (Fsp3) is 0.0714. The monoisotopic (exact) mass is 246 g/mol. The lowest BCUT2D eigenvalue weighted by Crippen LogP contribution is -1.87. The van der Waals surface area contributed by atoms with Crippen LogP contribution in [0.4, 0.5) is 0 Å². The van der Waals surface area contributed by atoms with E-state index in [-0.39, 0.29) is 0 Å². The molecule has 0 amide bonds. The molecule has 0 aliphatic heterocycles. The van der Waals surface area contributed by atoms with Crippen molar-refractivity contribution in [2.24, 2.45) is 0 Å². The summed E-state index contributed by atoms with van der Waals surface area (Å²) in [7, 11) is 0. The van der Waals surface area contributed by atoms with E-state index in [0.717, 1.165) is 12.0 Å². The van der Waals surface area contributed by atoms with Crippen molar-refractivity contribution < 1.29 is 9.53 Å². The predicted octanol–water partition coefficient (Wildman–Crippen LogP) is 4.25. The van der Waals surface area contributed by atoms with Gasteiger partial charge in [-0.3, -0.25) is 4.79 Å². The normalized spacial score (nSPS) is 10.0. The summed E-state index contributed by atoms with van der Waals surface area (Å²) in [5, 5.41) is 0.393. The van der Waals surface area contributed by atoms with Gasteiger partial charge >= 0.3 is 0 Å². The minimum atomic E-state index is 0.393. The van der Waals surface area contributed by atoms with E-state index in [4.69, 9.17) is 16.3 Å². The second-order valence-corrected chi connectivity index (χ2v) is 4.12. The molecule has 0 unspecified atom stereocenters. The molecule has 0 spiro atoms. The molecule has 2 nitrogen and oxygen atoms in total. The lowest BCUT2D eigenvalue weighted by Gasteiger charge is -2.06. The van der Waals surface area contributed by atoms with Crippen molar-refractivity contribution in [2.75, 3.05) is 0 Å². The molecule has 0 atom stereocenters. The Kier molecular flexibility index (Phi) is 3.45. The number of benzene rings is 2. The average molecular weight is 247 g/mol. The van der Waals surface area contributed by atoms with Gasteiger partial charge in [0, 0.05) is 11.6 Å². The summed E-state index contributed by atoms with van der Waals surface area (Å²) >= 11 is 5.91. The Bertz CT molecular complexity index is 532. The van der Waals surface area contributed by atoms with Gasteiger partial charge in [0.2, 0.25) is 0 Å². The van der Waals surface area contributed by atoms with Crippen LogP contribution >= 0.6 is 11.6 Å². The van der Waals surface area contributed by atoms with E-state index in [0.29, 0.717) is 16.3 Å². The fourth-order valence-electron chi connectivity index (χ4n) is 1.41. The highest BCUT2D eigenvalue weighted by atomic mass is 35.5. The summed E-state index contributed by atoms with van der Waals surface area (Å²) in [5.41, 5.74) is 1.63. The molecule has 0 aliphatic rings. The van der Waals surface area contributed by atoms with E-state index in [1.54, 1.807) is 18.2 Å². The highest BCUT2D eigenvalue weighted by Crippen LogP contribution is 2.26. The maximum absolute atomic E-state index is 10.6. The molecule has 86 valence electrons. The first-order chi connectivity index (χ1) is 8.19. The molecule has 0 bridgehead atoms. The first-order valence-corrected chi connectivity index (χ1v) is 5.56. The van der Waals surface area contributed by atoms with Crippen molar-refractivity contribution in [3.63, 3.8) is 0 Å². The second kappa shape index (κ2) is 5.02. The highest BCUT2D eigenvalue weighted by Gasteiger charge is 2.02. The van der Waals surface area contributed by atoms with Gasteiger partial charge in [0.1, 0.15) is 11.5 Å². The first kappa shape index (κ1) is 11.7. The highest BCUT2D eigenvalue weighted by molar-refractivity contribution is 6.33. The standard InChI is InChI=1S/C14H11ClO2/c1-10-2-5-12(6-3-10)17-13-7-4-11(9-16)14(15)8-13/h2-9H,1H3. The van der Waals surface area contributed by atoms with Crippen molar-refractivity contribution in [1.82, 2.24) is 0 Å². The third kappa shape index (κ3) is 2.86. The van der Waals surface area contributed by atoms with Crippen LogP contribution in [0.5, 0.6) is 11.5 Å². The number of carbonyl (C=O) groups is 1. The zero-order valence-electron chi connectivity index (χ0n) is 9.31. The summed E-state index contributed by atoms with van der Waals surface area (Å²) in [6, 6.07) is 12.7. The van der Waals surface area contributed by atoms with Gasteiger partial charge < -0.3 is 4.74 Å². The van der Waals surface area contributed by atoms with Crippen molar-refractivity contribution >= 4 is 17.9 Å². The Hall–Kier alpha value is -1.80. The molecule has 2 rings (SSSR count). The minimum absolute atomic E-state index is 0.393. The van der Waals surface area contributed by atoms with E-state index < -0.39 is 0 Å². The lowest BCUT2D eigenvalue weighted by atomic mass is 10.2. The van der Waals surface area contributed by atoms with Crippen LogP contribution in [-0.2, 0) is 0 Å². The van der Waals surface area contributed by atoms with E-state index >= 15 is 0 Å². The molecule has 3 heteroatoms. The Morgan fingerprint density at radius 2 is 1.71 bits per heavy atom. The van der Waals surface area contributed by atoms with Gasteiger partial charge in [-0.15, -0.1) is 0 Å². The molecule has 0 aliphatic carbocycles. The molecule has 0 saturated carbocycles. The third-order valence-corrected chi connectivity index (χ3v) is 2.68. The van der Waals surface area contributed by atoms with E-state index in [1.807, 2.05) is 31.2 Å². The average Bonchev–Trinajstić information content (AvgIpc) is 2.32. The van der Waals surface area contributed by atoms with Crippen LogP contribution in [-0.4, -0.2) is 6.29 Å². The molecule has 0 saturated heterocycles. The zero-order valence-corrected chi connectivity index (χ0v) is 10.1. The predicted molar refractivity (Wildman–Crippen MR) is 68.1 cm³/mol. The molecular formula is C14H11ClO2. The smallest absolute Gasteiger partial charge is 0.151 e. The molecule has 0 aromatic heterocycles. The molecule has 2 aromatic carbocycles. The molecular weight excluding hydrogens is 236 g/mol.